The molecule has 0 unspecified atom stereocenters. The summed E-state index contributed by atoms with van der Waals surface area (Å²) in [7, 11) is 0. The third-order valence-corrected chi connectivity index (χ3v) is 5.75. The van der Waals surface area contributed by atoms with Gasteiger partial charge in [-0.25, -0.2) is 0 Å². The first kappa shape index (κ1) is 16.8. The van der Waals surface area contributed by atoms with Gasteiger partial charge in [0.05, 0.1) is 0 Å². The van der Waals surface area contributed by atoms with Crippen molar-refractivity contribution in [2.75, 3.05) is 0 Å². The molecule has 0 amide bonds. The van der Waals surface area contributed by atoms with Crippen molar-refractivity contribution in [2.24, 2.45) is 0 Å². The Morgan fingerprint density at radius 2 is 1.14 bits per heavy atom. The fraction of sp³-hybridized carbons (Fsp3) is 0.455. The minimum absolute atomic E-state index is 1.18. The van der Waals surface area contributed by atoms with Crippen molar-refractivity contribution in [3.8, 4) is 0 Å². The third kappa shape index (κ3) is 3.11. The topological polar surface area (TPSA) is 0 Å². The van der Waals surface area contributed by atoms with Gasteiger partial charge in [0.2, 0.25) is 0 Å². The first-order chi connectivity index (χ1) is 10.3. The fourth-order valence-electron chi connectivity index (χ4n) is 3.49. The van der Waals surface area contributed by atoms with E-state index in [-0.39, 0.29) is 0 Å². The predicted molar refractivity (Wildman–Crippen MR) is 98.1 cm³/mol. The van der Waals surface area contributed by atoms with Crippen LogP contribution in [0.4, 0.5) is 0 Å². The first-order valence-electron chi connectivity index (χ1n) is 8.45. The van der Waals surface area contributed by atoms with Crippen LogP contribution >= 0.6 is 0 Å². The number of aryl methyl sites for hydroxylation is 2. The molecule has 0 heterocycles. The van der Waals surface area contributed by atoms with E-state index in [4.69, 9.17) is 0 Å². The summed E-state index contributed by atoms with van der Waals surface area (Å²) in [6.45, 7) is 15.8. The van der Waals surface area contributed by atoms with Crippen LogP contribution in [0.3, 0.4) is 0 Å². The van der Waals surface area contributed by atoms with Gasteiger partial charge in [-0.1, -0.05) is 18.2 Å². The molecule has 0 aliphatic heterocycles. The highest BCUT2D eigenvalue weighted by Gasteiger charge is 2.12. The molecule has 0 aliphatic rings. The molecule has 0 fully saturated rings. The number of hydrogen-bond donors (Lipinski definition) is 0. The molecule has 0 N–H and O–H groups in total. The highest BCUT2D eigenvalue weighted by molar-refractivity contribution is 5.49. The van der Waals surface area contributed by atoms with Crippen molar-refractivity contribution < 1.29 is 0 Å². The second-order valence-electron chi connectivity index (χ2n) is 6.82. The molecule has 0 heteroatoms. The molecule has 0 saturated heterocycles. The molecule has 2 rings (SSSR count). The van der Waals surface area contributed by atoms with E-state index < -0.39 is 0 Å². The van der Waals surface area contributed by atoms with Gasteiger partial charge in [-0.05, 0) is 118 Å². The predicted octanol–water partition coefficient (Wildman–Crippen LogP) is 6.02. The zero-order valence-corrected chi connectivity index (χ0v) is 15.4. The van der Waals surface area contributed by atoms with Gasteiger partial charge in [0, 0.05) is 0 Å². The van der Waals surface area contributed by atoms with Crippen molar-refractivity contribution in [3.05, 3.63) is 68.3 Å². The molecule has 0 radical (unpaired) electrons. The Hall–Kier alpha value is -1.56. The van der Waals surface area contributed by atoms with Crippen LogP contribution in [0.15, 0.2) is 18.2 Å². The maximum atomic E-state index is 2.29. The van der Waals surface area contributed by atoms with Crippen LogP contribution < -0.4 is 0 Å². The van der Waals surface area contributed by atoms with Gasteiger partial charge >= 0.3 is 0 Å². The van der Waals surface area contributed by atoms with Crippen molar-refractivity contribution in [1.82, 2.24) is 0 Å². The molecule has 2 aromatic carbocycles. The largest absolute Gasteiger partial charge is 0.0617 e. The monoisotopic (exact) mass is 294 g/mol. The van der Waals surface area contributed by atoms with Gasteiger partial charge in [0.1, 0.15) is 0 Å². The lowest BCUT2D eigenvalue weighted by atomic mass is 9.87. The van der Waals surface area contributed by atoms with Gasteiger partial charge in [0.15, 0.2) is 0 Å². The van der Waals surface area contributed by atoms with Crippen LogP contribution in [0.1, 0.15) is 56.5 Å². The van der Waals surface area contributed by atoms with Crippen LogP contribution in [-0.2, 0) is 12.8 Å². The molecule has 0 spiro atoms. The van der Waals surface area contributed by atoms with Crippen LogP contribution in [-0.4, -0.2) is 0 Å². The maximum Gasteiger partial charge on any atom is -0.0270 e. The van der Waals surface area contributed by atoms with Gasteiger partial charge in [-0.15, -0.1) is 0 Å². The van der Waals surface area contributed by atoms with Crippen molar-refractivity contribution in [3.63, 3.8) is 0 Å². The minimum Gasteiger partial charge on any atom is -0.0617 e. The molecule has 22 heavy (non-hydrogen) atoms. The second kappa shape index (κ2) is 6.69. The average molecular weight is 294 g/mol. The van der Waals surface area contributed by atoms with Crippen molar-refractivity contribution in [1.29, 1.82) is 0 Å². The molecule has 2 aromatic rings. The zero-order chi connectivity index (χ0) is 16.4. The summed E-state index contributed by atoms with van der Waals surface area (Å²) in [5, 5.41) is 0. The van der Waals surface area contributed by atoms with Crippen LogP contribution in [0.5, 0.6) is 0 Å². The van der Waals surface area contributed by atoms with Crippen LogP contribution in [0.2, 0.25) is 0 Å². The Kier molecular flexibility index (Phi) is 5.11. The Morgan fingerprint density at radius 3 is 1.73 bits per heavy atom. The van der Waals surface area contributed by atoms with Gasteiger partial charge < -0.3 is 0 Å². The fourth-order valence-corrected chi connectivity index (χ4v) is 3.49. The summed E-state index contributed by atoms with van der Waals surface area (Å²) in [6, 6.07) is 6.68. The third-order valence-electron chi connectivity index (χ3n) is 5.75. The summed E-state index contributed by atoms with van der Waals surface area (Å²) in [5.41, 5.74) is 13.4. The lowest BCUT2D eigenvalue weighted by Gasteiger charge is -2.19. The van der Waals surface area contributed by atoms with E-state index in [0.29, 0.717) is 0 Å². The number of hydrogen-bond acceptors (Lipinski definition) is 0. The SMILES string of the molecule is Cc1cccc(CCCc2c(C)c(C)c(C)c(C)c2C)c1C. The summed E-state index contributed by atoms with van der Waals surface area (Å²) >= 11 is 0. The molecule has 0 atom stereocenters. The Labute approximate surface area is 136 Å². The van der Waals surface area contributed by atoms with Gasteiger partial charge in [-0.2, -0.15) is 0 Å². The smallest absolute Gasteiger partial charge is 0.0270 e. The van der Waals surface area contributed by atoms with E-state index in [9.17, 15) is 0 Å². The summed E-state index contributed by atoms with van der Waals surface area (Å²) in [6.07, 6.45) is 3.60. The van der Waals surface area contributed by atoms with Crippen LogP contribution in [0, 0.1) is 48.5 Å². The molecular formula is C22H30. The lowest BCUT2D eigenvalue weighted by molar-refractivity contribution is 0.802. The molecule has 0 aromatic heterocycles. The first-order valence-corrected chi connectivity index (χ1v) is 8.45. The van der Waals surface area contributed by atoms with E-state index in [1.165, 1.54) is 63.8 Å². The van der Waals surface area contributed by atoms with E-state index in [1.807, 2.05) is 0 Å². The van der Waals surface area contributed by atoms with Gasteiger partial charge in [0.25, 0.3) is 0 Å². The van der Waals surface area contributed by atoms with E-state index in [0.717, 1.165) is 0 Å². The zero-order valence-electron chi connectivity index (χ0n) is 15.4. The van der Waals surface area contributed by atoms with Crippen molar-refractivity contribution >= 4 is 0 Å². The molecule has 0 nitrogen and oxygen atoms in total. The molecule has 0 saturated carbocycles. The average Bonchev–Trinajstić information content (AvgIpc) is 2.50. The second-order valence-corrected chi connectivity index (χ2v) is 6.82. The lowest BCUT2D eigenvalue weighted by Crippen LogP contribution is -2.04. The standard InChI is InChI=1S/C22H30/c1-14-10-8-11-21(15(14)2)12-9-13-22-19(6)17(4)16(3)18(5)20(22)7/h8,10-11H,9,12-13H2,1-7H3. The Bertz CT molecular complexity index is 661. The highest BCUT2D eigenvalue weighted by atomic mass is 14.2. The van der Waals surface area contributed by atoms with E-state index in [1.54, 1.807) is 5.56 Å². The van der Waals surface area contributed by atoms with Crippen molar-refractivity contribution in [2.45, 2.75) is 67.7 Å². The Balaban J connectivity index is 2.18. The summed E-state index contributed by atoms with van der Waals surface area (Å²) in [5.74, 6) is 0. The maximum absolute atomic E-state index is 2.29. The van der Waals surface area contributed by atoms with Crippen LogP contribution in [0.25, 0.3) is 0 Å². The highest BCUT2D eigenvalue weighted by Crippen LogP contribution is 2.27. The molecule has 118 valence electrons. The molecule has 0 bridgehead atoms. The minimum atomic E-state index is 1.18. The van der Waals surface area contributed by atoms with E-state index in [2.05, 4.69) is 66.7 Å². The quantitative estimate of drug-likeness (QED) is 0.646. The normalized spacial score (nSPS) is 11.0. The summed E-state index contributed by atoms with van der Waals surface area (Å²) < 4.78 is 0. The molecular weight excluding hydrogens is 264 g/mol. The summed E-state index contributed by atoms with van der Waals surface area (Å²) in [4.78, 5) is 0. The molecule has 0 aliphatic carbocycles. The number of benzene rings is 2. The Morgan fingerprint density at radius 1 is 0.591 bits per heavy atom. The van der Waals surface area contributed by atoms with E-state index >= 15 is 0 Å². The van der Waals surface area contributed by atoms with Gasteiger partial charge in [-0.3, -0.25) is 0 Å². The number of rotatable bonds is 4.